The number of carbonyl (C=O) groups excluding carboxylic acids is 1. The molecular formula is C16H21N3O2. The van der Waals surface area contributed by atoms with Crippen LogP contribution in [0.3, 0.4) is 0 Å². The molecule has 2 atom stereocenters. The Balaban J connectivity index is 1.99. The number of aromatic nitrogens is 2. The number of ether oxygens (including phenoxy) is 1. The van der Waals surface area contributed by atoms with Crippen LogP contribution >= 0.6 is 0 Å². The van der Waals surface area contributed by atoms with Crippen LogP contribution in [-0.2, 0) is 9.53 Å². The maximum Gasteiger partial charge on any atom is 0.325 e. The number of hydrogen-bond acceptors (Lipinski definition) is 4. The van der Waals surface area contributed by atoms with Gasteiger partial charge in [0.2, 0.25) is 0 Å². The van der Waals surface area contributed by atoms with Crippen LogP contribution < -0.4 is 5.73 Å². The van der Waals surface area contributed by atoms with Crippen LogP contribution in [0.2, 0.25) is 0 Å². The summed E-state index contributed by atoms with van der Waals surface area (Å²) < 4.78 is 7.11. The van der Waals surface area contributed by atoms with Gasteiger partial charge in [-0.25, -0.2) is 4.98 Å². The van der Waals surface area contributed by atoms with Crippen molar-refractivity contribution in [3.8, 4) is 0 Å². The minimum absolute atomic E-state index is 0.190. The van der Waals surface area contributed by atoms with E-state index in [2.05, 4.69) is 15.6 Å². The van der Waals surface area contributed by atoms with E-state index in [-0.39, 0.29) is 12.0 Å². The number of imidazole rings is 1. The van der Waals surface area contributed by atoms with Gasteiger partial charge in [-0.15, -0.1) is 0 Å². The van der Waals surface area contributed by atoms with Crippen LogP contribution in [-0.4, -0.2) is 28.2 Å². The summed E-state index contributed by atoms with van der Waals surface area (Å²) in [5.74, 6) is 0.657. The van der Waals surface area contributed by atoms with Gasteiger partial charge in [0.15, 0.2) is 0 Å². The van der Waals surface area contributed by atoms with Crippen molar-refractivity contribution in [2.45, 2.75) is 44.2 Å². The quantitative estimate of drug-likeness (QED) is 0.861. The summed E-state index contributed by atoms with van der Waals surface area (Å²) in [6.07, 6.45) is 3.21. The van der Waals surface area contributed by atoms with Crippen molar-refractivity contribution in [2.24, 2.45) is 5.73 Å². The maximum atomic E-state index is 12.0. The monoisotopic (exact) mass is 287 g/mol. The number of rotatable bonds is 2. The largest absolute Gasteiger partial charge is 0.468 e. The van der Waals surface area contributed by atoms with Gasteiger partial charge >= 0.3 is 5.97 Å². The number of para-hydroxylation sites is 2. The lowest BCUT2D eigenvalue weighted by Gasteiger charge is -2.36. The topological polar surface area (TPSA) is 70.1 Å². The molecule has 3 rings (SSSR count). The molecule has 2 unspecified atom stereocenters. The van der Waals surface area contributed by atoms with Gasteiger partial charge in [0.25, 0.3) is 0 Å². The van der Waals surface area contributed by atoms with Crippen LogP contribution in [0.15, 0.2) is 24.3 Å². The Kier molecular flexibility index (Phi) is 3.45. The van der Waals surface area contributed by atoms with E-state index >= 15 is 0 Å². The summed E-state index contributed by atoms with van der Waals surface area (Å²) in [5.41, 5.74) is 7.51. The second kappa shape index (κ2) is 5.15. The molecule has 0 spiro atoms. The van der Waals surface area contributed by atoms with Gasteiger partial charge in [-0.05, 0) is 44.7 Å². The van der Waals surface area contributed by atoms with Gasteiger partial charge in [0.05, 0.1) is 18.1 Å². The molecule has 5 heteroatoms. The zero-order chi connectivity index (χ0) is 15.0. The first-order chi connectivity index (χ1) is 10.0. The number of esters is 1. The molecule has 2 N–H and O–H groups in total. The molecular weight excluding hydrogens is 266 g/mol. The summed E-state index contributed by atoms with van der Waals surface area (Å²) >= 11 is 0. The van der Waals surface area contributed by atoms with Crippen molar-refractivity contribution < 1.29 is 9.53 Å². The molecule has 1 aliphatic carbocycles. The van der Waals surface area contributed by atoms with E-state index in [4.69, 9.17) is 10.5 Å². The molecule has 1 aromatic heterocycles. The Morgan fingerprint density at radius 2 is 2.24 bits per heavy atom. The van der Waals surface area contributed by atoms with Gasteiger partial charge < -0.3 is 15.0 Å². The highest BCUT2D eigenvalue weighted by molar-refractivity contribution is 5.81. The van der Waals surface area contributed by atoms with Gasteiger partial charge in [0, 0.05) is 6.04 Å². The van der Waals surface area contributed by atoms with Gasteiger partial charge in [-0.3, -0.25) is 4.79 Å². The molecule has 5 nitrogen and oxygen atoms in total. The van der Waals surface area contributed by atoms with E-state index in [0.717, 1.165) is 29.7 Å². The van der Waals surface area contributed by atoms with Gasteiger partial charge in [-0.1, -0.05) is 12.1 Å². The van der Waals surface area contributed by atoms with Crippen molar-refractivity contribution in [3.63, 3.8) is 0 Å². The Labute approximate surface area is 124 Å². The molecule has 1 saturated carbocycles. The fourth-order valence-electron chi connectivity index (χ4n) is 3.51. The highest BCUT2D eigenvalue weighted by Gasteiger charge is 2.41. The summed E-state index contributed by atoms with van der Waals surface area (Å²) in [7, 11) is 1.40. The zero-order valence-corrected chi connectivity index (χ0v) is 12.5. The van der Waals surface area contributed by atoms with Crippen LogP contribution in [0.4, 0.5) is 0 Å². The molecule has 1 aliphatic rings. The molecule has 112 valence electrons. The Morgan fingerprint density at radius 3 is 3.00 bits per heavy atom. The van der Waals surface area contributed by atoms with Crippen molar-refractivity contribution >= 4 is 17.0 Å². The van der Waals surface area contributed by atoms with E-state index in [1.165, 1.54) is 7.11 Å². The smallest absolute Gasteiger partial charge is 0.325 e. The Hall–Kier alpha value is -1.88. The molecule has 0 radical (unpaired) electrons. The third kappa shape index (κ3) is 2.31. The minimum Gasteiger partial charge on any atom is -0.468 e. The van der Waals surface area contributed by atoms with Gasteiger partial charge in [0.1, 0.15) is 11.4 Å². The first kappa shape index (κ1) is 14.1. The first-order valence-electron chi connectivity index (χ1n) is 7.36. The SMILES string of the molecule is COC(=O)C1(N)CCCC(n2c(C)nc3ccccc32)C1. The standard InChI is InChI=1S/C16H21N3O2/c1-11-18-13-7-3-4-8-14(13)19(11)12-6-5-9-16(17,10-12)15(20)21-2/h3-4,7-8,12H,5-6,9-10,17H2,1-2H3. The lowest BCUT2D eigenvalue weighted by atomic mass is 9.79. The number of nitrogens with zero attached hydrogens (tertiary/aromatic N) is 2. The van der Waals surface area contributed by atoms with Crippen molar-refractivity contribution in [2.75, 3.05) is 7.11 Å². The third-order valence-electron chi connectivity index (χ3n) is 4.49. The second-order valence-corrected chi connectivity index (χ2v) is 5.92. The predicted octanol–water partition coefficient (Wildman–Crippen LogP) is 2.33. The average molecular weight is 287 g/mol. The molecule has 1 aromatic carbocycles. The van der Waals surface area contributed by atoms with Crippen LogP contribution in [0.5, 0.6) is 0 Å². The normalized spacial score (nSPS) is 26.0. The first-order valence-corrected chi connectivity index (χ1v) is 7.36. The summed E-state index contributed by atoms with van der Waals surface area (Å²) in [6, 6.07) is 8.27. The molecule has 2 aromatic rings. The molecule has 0 saturated heterocycles. The van der Waals surface area contributed by atoms with Gasteiger partial charge in [-0.2, -0.15) is 0 Å². The fourth-order valence-corrected chi connectivity index (χ4v) is 3.51. The van der Waals surface area contributed by atoms with Crippen molar-refractivity contribution in [3.05, 3.63) is 30.1 Å². The summed E-state index contributed by atoms with van der Waals surface area (Å²) in [4.78, 5) is 16.6. The fraction of sp³-hybridized carbons (Fsp3) is 0.500. The van der Waals surface area contributed by atoms with E-state index in [1.54, 1.807) is 0 Å². The van der Waals surface area contributed by atoms with E-state index in [1.807, 2.05) is 25.1 Å². The lowest BCUT2D eigenvalue weighted by molar-refractivity contribution is -0.148. The number of aryl methyl sites for hydroxylation is 1. The minimum atomic E-state index is -0.879. The molecule has 1 fully saturated rings. The van der Waals surface area contributed by atoms with Crippen molar-refractivity contribution in [1.82, 2.24) is 9.55 Å². The summed E-state index contributed by atoms with van der Waals surface area (Å²) in [6.45, 7) is 2.00. The lowest BCUT2D eigenvalue weighted by Crippen LogP contribution is -2.52. The molecule has 0 aliphatic heterocycles. The number of hydrogen-bond donors (Lipinski definition) is 1. The third-order valence-corrected chi connectivity index (χ3v) is 4.49. The predicted molar refractivity (Wildman–Crippen MR) is 80.9 cm³/mol. The highest BCUT2D eigenvalue weighted by atomic mass is 16.5. The number of nitrogens with two attached hydrogens (primary N) is 1. The average Bonchev–Trinajstić information content (AvgIpc) is 2.82. The Morgan fingerprint density at radius 1 is 1.48 bits per heavy atom. The number of benzene rings is 1. The number of methoxy groups -OCH3 is 1. The molecule has 0 amide bonds. The van der Waals surface area contributed by atoms with E-state index in [9.17, 15) is 4.79 Å². The summed E-state index contributed by atoms with van der Waals surface area (Å²) in [5, 5.41) is 0. The second-order valence-electron chi connectivity index (χ2n) is 5.92. The molecule has 1 heterocycles. The molecule has 0 bridgehead atoms. The molecule has 21 heavy (non-hydrogen) atoms. The maximum absolute atomic E-state index is 12.0. The zero-order valence-electron chi connectivity index (χ0n) is 12.5. The van der Waals surface area contributed by atoms with Crippen LogP contribution in [0.1, 0.15) is 37.5 Å². The number of fused-ring (bicyclic) bond motifs is 1. The van der Waals surface area contributed by atoms with Crippen LogP contribution in [0, 0.1) is 6.92 Å². The highest BCUT2D eigenvalue weighted by Crippen LogP contribution is 2.37. The van der Waals surface area contributed by atoms with Crippen molar-refractivity contribution in [1.29, 1.82) is 0 Å². The Bertz CT molecular complexity index is 679. The van der Waals surface area contributed by atoms with E-state index in [0.29, 0.717) is 12.8 Å². The van der Waals surface area contributed by atoms with E-state index < -0.39 is 5.54 Å². The van der Waals surface area contributed by atoms with Crippen LogP contribution in [0.25, 0.3) is 11.0 Å². The number of carbonyl (C=O) groups is 1.